The molecule has 0 aliphatic carbocycles. The number of benzene rings is 1. The fourth-order valence-electron chi connectivity index (χ4n) is 1.34. The number of hydrogen-bond donors (Lipinski definition) is 1. The maximum absolute atomic E-state index is 12.1. The van der Waals surface area contributed by atoms with Gasteiger partial charge >= 0.3 is 5.51 Å². The maximum atomic E-state index is 12.1. The first-order chi connectivity index (χ1) is 9.22. The second kappa shape index (κ2) is 7.42. The number of nitrogens with one attached hydrogen (secondary N) is 1. The van der Waals surface area contributed by atoms with Crippen molar-refractivity contribution in [2.75, 3.05) is 16.4 Å². The highest BCUT2D eigenvalue weighted by Gasteiger charge is 2.29. The fourth-order valence-corrected chi connectivity index (χ4v) is 3.25. The molecule has 1 aromatic rings. The van der Waals surface area contributed by atoms with Gasteiger partial charge in [0.1, 0.15) is 0 Å². The smallest absolute Gasteiger partial charge is 0.284 e. The highest BCUT2D eigenvalue weighted by Crippen LogP contribution is 2.37. The van der Waals surface area contributed by atoms with Gasteiger partial charge in [-0.25, -0.2) is 8.42 Å². The lowest BCUT2D eigenvalue weighted by Crippen LogP contribution is -2.16. The van der Waals surface area contributed by atoms with Crippen LogP contribution >= 0.6 is 23.4 Å². The van der Waals surface area contributed by atoms with Crippen LogP contribution in [0.5, 0.6) is 0 Å². The van der Waals surface area contributed by atoms with Gasteiger partial charge in [-0.2, -0.15) is 13.2 Å². The lowest BCUT2D eigenvalue weighted by atomic mass is 10.3. The first kappa shape index (κ1) is 17.5. The fraction of sp³-hybridized carbons (Fsp3) is 0.455. The molecule has 0 amide bonds. The van der Waals surface area contributed by atoms with E-state index in [1.807, 2.05) is 0 Å². The van der Waals surface area contributed by atoms with Gasteiger partial charge in [-0.1, -0.05) is 0 Å². The Labute approximate surface area is 124 Å². The molecule has 3 nitrogen and oxygen atoms in total. The van der Waals surface area contributed by atoms with Crippen LogP contribution in [0.1, 0.15) is 12.8 Å². The summed E-state index contributed by atoms with van der Waals surface area (Å²) in [7, 11) is -3.49. The van der Waals surface area contributed by atoms with E-state index >= 15 is 0 Å². The van der Waals surface area contributed by atoms with Crippen LogP contribution in [0.3, 0.4) is 0 Å². The SMILES string of the molecule is O=S(=O)(CCCCCl)Nc1ccc(SC(F)(F)F)cc1. The van der Waals surface area contributed by atoms with E-state index in [9.17, 15) is 21.6 Å². The average Bonchev–Trinajstić information content (AvgIpc) is 2.30. The number of rotatable bonds is 7. The summed E-state index contributed by atoms with van der Waals surface area (Å²) in [5.74, 6) is 0.317. The first-order valence-electron chi connectivity index (χ1n) is 5.64. The van der Waals surface area contributed by atoms with E-state index in [1.165, 1.54) is 24.3 Å². The van der Waals surface area contributed by atoms with Crippen molar-refractivity contribution < 1.29 is 21.6 Å². The summed E-state index contributed by atoms with van der Waals surface area (Å²) < 4.78 is 62.0. The molecule has 0 saturated carbocycles. The number of hydrogen-bond acceptors (Lipinski definition) is 3. The minimum atomic E-state index is -4.36. The average molecular weight is 348 g/mol. The normalized spacial score (nSPS) is 12.4. The molecule has 0 saturated heterocycles. The van der Waals surface area contributed by atoms with Gasteiger partial charge in [0.2, 0.25) is 10.0 Å². The third kappa shape index (κ3) is 7.25. The van der Waals surface area contributed by atoms with Gasteiger partial charge in [-0.05, 0) is 48.9 Å². The molecule has 1 rings (SSSR count). The Balaban J connectivity index is 2.61. The van der Waals surface area contributed by atoms with Gasteiger partial charge in [0.15, 0.2) is 0 Å². The number of anilines is 1. The van der Waals surface area contributed by atoms with E-state index in [-0.39, 0.29) is 28.1 Å². The molecular weight excluding hydrogens is 335 g/mol. The van der Waals surface area contributed by atoms with Crippen LogP contribution in [0, 0.1) is 0 Å². The van der Waals surface area contributed by atoms with Crippen molar-refractivity contribution in [2.24, 2.45) is 0 Å². The molecule has 0 aromatic heterocycles. The topological polar surface area (TPSA) is 46.2 Å². The van der Waals surface area contributed by atoms with E-state index in [4.69, 9.17) is 11.6 Å². The highest BCUT2D eigenvalue weighted by molar-refractivity contribution is 8.00. The minimum absolute atomic E-state index is 0.00240. The Morgan fingerprint density at radius 1 is 1.15 bits per heavy atom. The van der Waals surface area contributed by atoms with Crippen molar-refractivity contribution >= 4 is 39.1 Å². The zero-order chi connectivity index (χ0) is 15.2. The summed E-state index contributed by atoms with van der Waals surface area (Å²) in [5, 5.41) is 0. The zero-order valence-electron chi connectivity index (χ0n) is 10.3. The molecule has 0 heterocycles. The molecule has 0 bridgehead atoms. The van der Waals surface area contributed by atoms with E-state index in [2.05, 4.69) is 4.72 Å². The molecule has 1 aromatic carbocycles. The molecule has 0 unspecified atom stereocenters. The molecular formula is C11H13ClF3NO2S2. The van der Waals surface area contributed by atoms with Crippen LogP contribution in [-0.4, -0.2) is 25.6 Å². The van der Waals surface area contributed by atoms with E-state index in [0.29, 0.717) is 18.7 Å². The van der Waals surface area contributed by atoms with Gasteiger partial charge in [0.05, 0.1) is 5.75 Å². The Bertz CT molecular complexity index is 517. The number of alkyl halides is 4. The lowest BCUT2D eigenvalue weighted by molar-refractivity contribution is -0.0328. The minimum Gasteiger partial charge on any atom is -0.284 e. The molecule has 114 valence electrons. The van der Waals surface area contributed by atoms with Crippen molar-refractivity contribution in [3.8, 4) is 0 Å². The molecule has 0 aliphatic heterocycles. The predicted octanol–water partition coefficient (Wildman–Crippen LogP) is 4.06. The number of thioether (sulfide) groups is 1. The molecule has 0 atom stereocenters. The molecule has 0 aliphatic rings. The van der Waals surface area contributed by atoms with Gasteiger partial charge in [0.25, 0.3) is 0 Å². The van der Waals surface area contributed by atoms with Crippen LogP contribution in [0.15, 0.2) is 29.2 Å². The summed E-state index contributed by atoms with van der Waals surface area (Å²) in [6.07, 6.45) is 1.02. The van der Waals surface area contributed by atoms with Crippen molar-refractivity contribution in [3.63, 3.8) is 0 Å². The largest absolute Gasteiger partial charge is 0.446 e. The standard InChI is InChI=1S/C11H13ClF3NO2S2/c12-7-1-2-8-20(17,18)16-9-3-5-10(6-4-9)19-11(13,14)15/h3-6,16H,1-2,7-8H2. The molecule has 1 N–H and O–H groups in total. The molecule has 9 heteroatoms. The van der Waals surface area contributed by atoms with Crippen molar-refractivity contribution in [1.82, 2.24) is 0 Å². The van der Waals surface area contributed by atoms with Crippen LogP contribution in [0.2, 0.25) is 0 Å². The van der Waals surface area contributed by atoms with E-state index in [1.54, 1.807) is 0 Å². The Hall–Kier alpha value is -0.600. The van der Waals surface area contributed by atoms with Crippen molar-refractivity contribution in [3.05, 3.63) is 24.3 Å². The lowest BCUT2D eigenvalue weighted by Gasteiger charge is -2.09. The first-order valence-corrected chi connectivity index (χ1v) is 8.64. The Morgan fingerprint density at radius 3 is 2.25 bits per heavy atom. The molecule has 0 radical (unpaired) electrons. The van der Waals surface area contributed by atoms with Gasteiger partial charge in [-0.3, -0.25) is 4.72 Å². The number of halogens is 4. The van der Waals surface area contributed by atoms with Gasteiger partial charge in [0, 0.05) is 16.5 Å². The molecule has 0 spiro atoms. The summed E-state index contributed by atoms with van der Waals surface area (Å²) in [5.41, 5.74) is -4.12. The quantitative estimate of drug-likeness (QED) is 0.459. The molecule has 0 fully saturated rings. The van der Waals surface area contributed by atoms with Crippen molar-refractivity contribution in [1.29, 1.82) is 0 Å². The zero-order valence-corrected chi connectivity index (χ0v) is 12.7. The highest BCUT2D eigenvalue weighted by atomic mass is 35.5. The van der Waals surface area contributed by atoms with Crippen LogP contribution in [0.25, 0.3) is 0 Å². The Morgan fingerprint density at radius 2 is 1.75 bits per heavy atom. The van der Waals surface area contributed by atoms with Gasteiger partial charge in [-0.15, -0.1) is 11.6 Å². The van der Waals surface area contributed by atoms with E-state index in [0.717, 1.165) is 0 Å². The van der Waals surface area contributed by atoms with Crippen LogP contribution in [0.4, 0.5) is 18.9 Å². The van der Waals surface area contributed by atoms with Crippen LogP contribution in [-0.2, 0) is 10.0 Å². The summed E-state index contributed by atoms with van der Waals surface area (Å²) in [6, 6.07) is 5.03. The second-order valence-electron chi connectivity index (χ2n) is 3.89. The number of sulfonamides is 1. The molecule has 20 heavy (non-hydrogen) atoms. The third-order valence-electron chi connectivity index (χ3n) is 2.16. The van der Waals surface area contributed by atoms with Gasteiger partial charge < -0.3 is 0 Å². The van der Waals surface area contributed by atoms with Crippen molar-refractivity contribution in [2.45, 2.75) is 23.2 Å². The van der Waals surface area contributed by atoms with Crippen LogP contribution < -0.4 is 4.72 Å². The maximum Gasteiger partial charge on any atom is 0.446 e. The Kier molecular flexibility index (Phi) is 6.47. The monoisotopic (exact) mass is 347 g/mol. The summed E-state index contributed by atoms with van der Waals surface area (Å²) >= 11 is 5.20. The summed E-state index contributed by atoms with van der Waals surface area (Å²) in [6.45, 7) is 0. The predicted molar refractivity (Wildman–Crippen MR) is 75.7 cm³/mol. The van der Waals surface area contributed by atoms with E-state index < -0.39 is 15.5 Å². The number of unbranched alkanes of at least 4 members (excludes halogenated alkanes) is 1. The third-order valence-corrected chi connectivity index (χ3v) is 4.54. The second-order valence-corrected chi connectivity index (χ2v) is 7.25. The summed E-state index contributed by atoms with van der Waals surface area (Å²) in [4.78, 5) is 0.00240.